The van der Waals surface area contributed by atoms with Gasteiger partial charge in [0.1, 0.15) is 5.82 Å². The molecule has 1 aromatic rings. The molecule has 1 rings (SSSR count). The number of hydrogen-bond donors (Lipinski definition) is 1. The monoisotopic (exact) mass is 201 g/mol. The van der Waals surface area contributed by atoms with Crippen molar-refractivity contribution in [2.24, 2.45) is 5.73 Å². The van der Waals surface area contributed by atoms with Gasteiger partial charge < -0.3 is 5.73 Å². The van der Waals surface area contributed by atoms with Gasteiger partial charge in [0.05, 0.1) is 0 Å². The average molecular weight is 201 g/mol. The minimum Gasteiger partial charge on any atom is -0.325 e. The van der Waals surface area contributed by atoms with Crippen molar-refractivity contribution in [2.75, 3.05) is 0 Å². The molecule has 2 N–H and O–H groups in total. The maximum atomic E-state index is 13.0. The van der Waals surface area contributed by atoms with Crippen molar-refractivity contribution in [2.45, 2.75) is 13.0 Å². The lowest BCUT2D eigenvalue weighted by Crippen LogP contribution is -2.10. The van der Waals surface area contributed by atoms with Gasteiger partial charge >= 0.3 is 0 Å². The molecule has 0 spiro atoms. The van der Waals surface area contributed by atoms with Gasteiger partial charge in [0, 0.05) is 17.7 Å². The van der Waals surface area contributed by atoms with Crippen LogP contribution in [0.25, 0.3) is 6.08 Å². The summed E-state index contributed by atoms with van der Waals surface area (Å²) in [4.78, 5) is 0. The molecular weight excluding hydrogens is 191 g/mol. The SMILES string of the molecule is CC(N)/C=C/c1cc(F)c(F)cc1F. The predicted octanol–water partition coefficient (Wildman–Crippen LogP) is 2.46. The van der Waals surface area contributed by atoms with Crippen LogP contribution >= 0.6 is 0 Å². The third kappa shape index (κ3) is 2.60. The molecule has 0 heterocycles. The molecule has 1 atom stereocenters. The third-order valence-corrected chi connectivity index (χ3v) is 1.62. The molecular formula is C10H10F3N. The molecule has 76 valence electrons. The summed E-state index contributed by atoms with van der Waals surface area (Å²) in [5.74, 6) is -3.07. The summed E-state index contributed by atoms with van der Waals surface area (Å²) in [6.45, 7) is 1.69. The lowest BCUT2D eigenvalue weighted by molar-refractivity contribution is 0.494. The van der Waals surface area contributed by atoms with Crippen LogP contribution in [0.15, 0.2) is 18.2 Å². The molecule has 0 amide bonds. The van der Waals surface area contributed by atoms with Gasteiger partial charge in [0.15, 0.2) is 11.6 Å². The fourth-order valence-corrected chi connectivity index (χ4v) is 0.921. The third-order valence-electron chi connectivity index (χ3n) is 1.62. The van der Waals surface area contributed by atoms with Crippen LogP contribution in [0.5, 0.6) is 0 Å². The summed E-state index contributed by atoms with van der Waals surface area (Å²) in [6.07, 6.45) is 2.82. The zero-order chi connectivity index (χ0) is 10.7. The van der Waals surface area contributed by atoms with Crippen molar-refractivity contribution in [3.8, 4) is 0 Å². The maximum absolute atomic E-state index is 13.0. The summed E-state index contributed by atoms with van der Waals surface area (Å²) in [7, 11) is 0. The average Bonchev–Trinajstić information content (AvgIpc) is 2.09. The van der Waals surface area contributed by atoms with Gasteiger partial charge in [-0.25, -0.2) is 13.2 Å². The van der Waals surface area contributed by atoms with Gasteiger partial charge in [-0.3, -0.25) is 0 Å². The van der Waals surface area contributed by atoms with E-state index in [0.717, 1.165) is 6.07 Å². The minimum absolute atomic E-state index is 0.0128. The van der Waals surface area contributed by atoms with E-state index in [0.29, 0.717) is 6.07 Å². The van der Waals surface area contributed by atoms with E-state index in [2.05, 4.69) is 0 Å². The summed E-state index contributed by atoms with van der Waals surface area (Å²) in [6, 6.07) is 1.04. The number of rotatable bonds is 2. The molecule has 0 fully saturated rings. The van der Waals surface area contributed by atoms with Crippen molar-refractivity contribution >= 4 is 6.08 Å². The summed E-state index contributed by atoms with van der Waals surface area (Å²) in [5, 5.41) is 0. The summed E-state index contributed by atoms with van der Waals surface area (Å²) >= 11 is 0. The molecule has 4 heteroatoms. The van der Waals surface area contributed by atoms with E-state index in [1.54, 1.807) is 6.92 Å². The smallest absolute Gasteiger partial charge is 0.161 e. The van der Waals surface area contributed by atoms with Gasteiger partial charge in [-0.15, -0.1) is 0 Å². The Bertz CT molecular complexity index is 359. The Kier molecular flexibility index (Phi) is 3.30. The first-order valence-electron chi connectivity index (χ1n) is 4.09. The van der Waals surface area contributed by atoms with Gasteiger partial charge in [-0.2, -0.15) is 0 Å². The van der Waals surface area contributed by atoms with Crippen LogP contribution in [-0.2, 0) is 0 Å². The second kappa shape index (κ2) is 4.28. The molecule has 0 aliphatic carbocycles. The quantitative estimate of drug-likeness (QED) is 0.731. The van der Waals surface area contributed by atoms with E-state index < -0.39 is 17.5 Å². The van der Waals surface area contributed by atoms with Crippen molar-refractivity contribution in [3.05, 3.63) is 41.2 Å². The van der Waals surface area contributed by atoms with E-state index >= 15 is 0 Å². The first-order chi connectivity index (χ1) is 6.50. The highest BCUT2D eigenvalue weighted by atomic mass is 19.2. The zero-order valence-electron chi connectivity index (χ0n) is 7.60. The highest BCUT2D eigenvalue weighted by Gasteiger charge is 2.07. The minimum atomic E-state index is -1.19. The number of halogens is 3. The second-order valence-corrected chi connectivity index (χ2v) is 3.01. The molecule has 0 aliphatic rings. The summed E-state index contributed by atoms with van der Waals surface area (Å²) in [5.41, 5.74) is 5.37. The van der Waals surface area contributed by atoms with E-state index in [4.69, 9.17) is 5.73 Å². The van der Waals surface area contributed by atoms with Crippen molar-refractivity contribution < 1.29 is 13.2 Å². The second-order valence-electron chi connectivity index (χ2n) is 3.01. The molecule has 0 radical (unpaired) electrons. The Balaban J connectivity index is 3.04. The number of hydrogen-bond acceptors (Lipinski definition) is 1. The first-order valence-corrected chi connectivity index (χ1v) is 4.09. The Morgan fingerprint density at radius 2 is 1.71 bits per heavy atom. The van der Waals surface area contributed by atoms with Gasteiger partial charge in [-0.1, -0.05) is 12.2 Å². The highest BCUT2D eigenvalue weighted by Crippen LogP contribution is 2.14. The van der Waals surface area contributed by atoms with Crippen LogP contribution in [-0.4, -0.2) is 6.04 Å². The van der Waals surface area contributed by atoms with Crippen LogP contribution in [0.2, 0.25) is 0 Å². The van der Waals surface area contributed by atoms with Gasteiger partial charge in [0.2, 0.25) is 0 Å². The van der Waals surface area contributed by atoms with Gasteiger partial charge in [-0.05, 0) is 13.0 Å². The molecule has 14 heavy (non-hydrogen) atoms. The molecule has 0 saturated carbocycles. The fraction of sp³-hybridized carbons (Fsp3) is 0.200. The Morgan fingerprint density at radius 3 is 2.29 bits per heavy atom. The standard InChI is InChI=1S/C10H10F3N/c1-6(14)2-3-7-4-9(12)10(13)5-8(7)11/h2-6H,14H2,1H3/b3-2+. The number of nitrogens with two attached hydrogens (primary N) is 1. The maximum Gasteiger partial charge on any atom is 0.161 e. The molecule has 0 saturated heterocycles. The zero-order valence-corrected chi connectivity index (χ0v) is 7.60. The van der Waals surface area contributed by atoms with Crippen molar-refractivity contribution in [3.63, 3.8) is 0 Å². The lowest BCUT2D eigenvalue weighted by Gasteiger charge is -1.99. The van der Waals surface area contributed by atoms with E-state index in [-0.39, 0.29) is 11.6 Å². The van der Waals surface area contributed by atoms with Crippen LogP contribution in [0, 0.1) is 17.5 Å². The molecule has 1 aromatic carbocycles. The molecule has 0 aliphatic heterocycles. The van der Waals surface area contributed by atoms with Crippen LogP contribution in [0.1, 0.15) is 12.5 Å². The van der Waals surface area contributed by atoms with Gasteiger partial charge in [0.25, 0.3) is 0 Å². The normalized spacial score (nSPS) is 13.5. The Hall–Kier alpha value is -1.29. The van der Waals surface area contributed by atoms with E-state index in [1.807, 2.05) is 0 Å². The topological polar surface area (TPSA) is 26.0 Å². The Morgan fingerprint density at radius 1 is 1.14 bits per heavy atom. The predicted molar refractivity (Wildman–Crippen MR) is 49.0 cm³/mol. The first kappa shape index (κ1) is 10.8. The lowest BCUT2D eigenvalue weighted by atomic mass is 10.1. The Labute approximate surface area is 80.0 Å². The highest BCUT2D eigenvalue weighted by molar-refractivity contribution is 5.50. The van der Waals surface area contributed by atoms with Crippen LogP contribution in [0.4, 0.5) is 13.2 Å². The number of benzene rings is 1. The van der Waals surface area contributed by atoms with Crippen LogP contribution in [0.3, 0.4) is 0 Å². The fourth-order valence-electron chi connectivity index (χ4n) is 0.921. The van der Waals surface area contributed by atoms with Crippen molar-refractivity contribution in [1.29, 1.82) is 0 Å². The largest absolute Gasteiger partial charge is 0.325 e. The van der Waals surface area contributed by atoms with Crippen LogP contribution < -0.4 is 5.73 Å². The van der Waals surface area contributed by atoms with Crippen molar-refractivity contribution in [1.82, 2.24) is 0 Å². The van der Waals surface area contributed by atoms with E-state index in [9.17, 15) is 13.2 Å². The van der Waals surface area contributed by atoms with E-state index in [1.165, 1.54) is 12.2 Å². The summed E-state index contributed by atoms with van der Waals surface area (Å²) < 4.78 is 38.2. The molecule has 1 unspecified atom stereocenters. The molecule has 1 nitrogen and oxygen atoms in total. The molecule has 0 aromatic heterocycles. The molecule has 0 bridgehead atoms.